The van der Waals surface area contributed by atoms with Crippen LogP contribution in [0.5, 0.6) is 0 Å². The van der Waals surface area contributed by atoms with Crippen molar-refractivity contribution < 1.29 is 20.1 Å². The molecule has 1 aromatic heterocycles. The van der Waals surface area contributed by atoms with E-state index in [0.717, 1.165) is 57.1 Å². The molecule has 6 heteroatoms. The Labute approximate surface area is 216 Å². The smallest absolute Gasteiger partial charge is 0.220 e. The summed E-state index contributed by atoms with van der Waals surface area (Å²) >= 11 is 0. The first kappa shape index (κ1) is 26.1. The average Bonchev–Trinajstić information content (AvgIpc) is 3.22. The van der Waals surface area contributed by atoms with Gasteiger partial charge in [0.05, 0.1) is 30.6 Å². The summed E-state index contributed by atoms with van der Waals surface area (Å²) in [7, 11) is 0. The normalized spacial score (nSPS) is 44.7. The monoisotopic (exact) mass is 498 g/mol. The van der Waals surface area contributed by atoms with Gasteiger partial charge in [0.2, 0.25) is 5.91 Å². The summed E-state index contributed by atoms with van der Waals surface area (Å²) in [6.45, 7) is 7.36. The van der Waals surface area contributed by atoms with E-state index >= 15 is 0 Å². The number of amides is 1. The van der Waals surface area contributed by atoms with Crippen molar-refractivity contribution in [3.05, 3.63) is 30.1 Å². The molecule has 11 atom stereocenters. The Morgan fingerprint density at radius 1 is 1.11 bits per heavy atom. The van der Waals surface area contributed by atoms with E-state index in [0.29, 0.717) is 42.6 Å². The Morgan fingerprint density at radius 2 is 1.92 bits per heavy atom. The predicted octanol–water partition coefficient (Wildman–Crippen LogP) is 4.08. The molecular formula is C30H46N2O4. The maximum atomic E-state index is 12.5. The molecule has 0 aliphatic heterocycles. The molecule has 36 heavy (non-hydrogen) atoms. The van der Waals surface area contributed by atoms with Gasteiger partial charge in [0.1, 0.15) is 0 Å². The first-order valence-electron chi connectivity index (χ1n) is 14.3. The highest BCUT2D eigenvalue weighted by Gasteiger charge is 2.65. The van der Waals surface area contributed by atoms with Crippen LogP contribution in [0.3, 0.4) is 0 Å². The minimum atomic E-state index is -0.383. The standard InChI is InChI=1S/C30H46N2O4/c1-18(7-10-27(36)32-17-20-6-4-5-13-31-20)22-8-9-23-28-24(16-26(35)30(22,23)3)29(2)12-11-21(33)14-19(29)15-25(28)34/h4-6,13,18-19,21-26,28,33-35H,7-12,14-17H2,1-3H3,(H,32,36)/t18-,19-,21-,22+,23-,24-,25-,26+,28+,29+,30-/m1/s1. The third kappa shape index (κ3) is 4.41. The van der Waals surface area contributed by atoms with Crippen molar-refractivity contribution in [2.75, 3.05) is 0 Å². The second kappa shape index (κ2) is 9.99. The van der Waals surface area contributed by atoms with Gasteiger partial charge in [0.15, 0.2) is 0 Å². The van der Waals surface area contributed by atoms with Crippen molar-refractivity contribution in [3.63, 3.8) is 0 Å². The zero-order valence-corrected chi connectivity index (χ0v) is 22.3. The van der Waals surface area contributed by atoms with Gasteiger partial charge in [-0.3, -0.25) is 9.78 Å². The minimum absolute atomic E-state index is 0.0533. The lowest BCUT2D eigenvalue weighted by Crippen LogP contribution is -2.62. The van der Waals surface area contributed by atoms with Crippen LogP contribution < -0.4 is 5.32 Å². The van der Waals surface area contributed by atoms with Crippen molar-refractivity contribution in [1.82, 2.24) is 10.3 Å². The number of nitrogens with zero attached hydrogens (tertiary/aromatic N) is 1. The van der Waals surface area contributed by atoms with E-state index in [1.54, 1.807) is 6.20 Å². The number of nitrogens with one attached hydrogen (secondary N) is 1. The lowest BCUT2D eigenvalue weighted by atomic mass is 9.43. The number of rotatable bonds is 6. The van der Waals surface area contributed by atoms with E-state index in [4.69, 9.17) is 0 Å². The van der Waals surface area contributed by atoms with Gasteiger partial charge >= 0.3 is 0 Å². The molecule has 4 N–H and O–H groups in total. The molecule has 0 spiro atoms. The van der Waals surface area contributed by atoms with Gasteiger partial charge < -0.3 is 20.6 Å². The SMILES string of the molecule is C[C@H](CCC(=O)NCc1ccccn1)[C@@H]1CC[C@@H]2[C@@H]3[C@H](O)C[C@H]4C[C@H](O)CC[C@]4(C)[C@@H]3C[C@H](O)[C@@]21C. The average molecular weight is 499 g/mol. The minimum Gasteiger partial charge on any atom is -0.393 e. The fourth-order valence-electron chi connectivity index (χ4n) is 9.47. The maximum absolute atomic E-state index is 12.5. The summed E-state index contributed by atoms with van der Waals surface area (Å²) in [5.74, 6) is 1.95. The molecule has 4 fully saturated rings. The van der Waals surface area contributed by atoms with Crippen molar-refractivity contribution in [3.8, 4) is 0 Å². The van der Waals surface area contributed by atoms with Crippen LogP contribution in [0.25, 0.3) is 0 Å². The summed E-state index contributed by atoms with van der Waals surface area (Å²) in [4.78, 5) is 16.8. The van der Waals surface area contributed by atoms with Crippen LogP contribution in [0.15, 0.2) is 24.4 Å². The highest BCUT2D eigenvalue weighted by Crippen LogP contribution is 2.68. The number of aromatic nitrogens is 1. The van der Waals surface area contributed by atoms with Crippen LogP contribution in [0.4, 0.5) is 0 Å². The Hall–Kier alpha value is -1.50. The number of pyridine rings is 1. The fourth-order valence-corrected chi connectivity index (χ4v) is 9.47. The van der Waals surface area contributed by atoms with Crippen molar-refractivity contribution >= 4 is 5.91 Å². The van der Waals surface area contributed by atoms with E-state index in [1.807, 2.05) is 18.2 Å². The fraction of sp³-hybridized carbons (Fsp3) is 0.800. The Bertz CT molecular complexity index is 927. The van der Waals surface area contributed by atoms with Crippen molar-refractivity contribution in [2.24, 2.45) is 46.3 Å². The number of carbonyl (C=O) groups excluding carboxylic acids is 1. The summed E-state index contributed by atoms with van der Waals surface area (Å²) in [6.07, 6.45) is 8.33. The summed E-state index contributed by atoms with van der Waals surface area (Å²) in [5.41, 5.74) is 0.740. The molecule has 1 heterocycles. The molecule has 5 rings (SSSR count). The van der Waals surface area contributed by atoms with Gasteiger partial charge in [-0.05, 0) is 110 Å². The Balaban J connectivity index is 1.25. The van der Waals surface area contributed by atoms with Crippen LogP contribution in [-0.4, -0.2) is 44.5 Å². The van der Waals surface area contributed by atoms with Gasteiger partial charge in [-0.2, -0.15) is 0 Å². The molecule has 6 nitrogen and oxygen atoms in total. The zero-order chi connectivity index (χ0) is 25.7. The zero-order valence-electron chi connectivity index (χ0n) is 22.3. The van der Waals surface area contributed by atoms with Gasteiger partial charge in [-0.15, -0.1) is 0 Å². The highest BCUT2D eigenvalue weighted by atomic mass is 16.3. The first-order valence-corrected chi connectivity index (χ1v) is 14.3. The van der Waals surface area contributed by atoms with Crippen molar-refractivity contribution in [2.45, 2.75) is 103 Å². The molecule has 4 aliphatic rings. The topological polar surface area (TPSA) is 103 Å². The number of aliphatic hydroxyl groups is 3. The van der Waals surface area contributed by atoms with Crippen LogP contribution in [0, 0.1) is 46.3 Å². The van der Waals surface area contributed by atoms with Crippen LogP contribution >= 0.6 is 0 Å². The quantitative estimate of drug-likeness (QED) is 0.473. The second-order valence-corrected chi connectivity index (χ2v) is 13.1. The third-order valence-corrected chi connectivity index (χ3v) is 11.5. The molecule has 4 aliphatic carbocycles. The number of hydrogen-bond donors (Lipinski definition) is 4. The van der Waals surface area contributed by atoms with Gasteiger partial charge in [-0.25, -0.2) is 0 Å². The Morgan fingerprint density at radius 3 is 2.67 bits per heavy atom. The van der Waals surface area contributed by atoms with Crippen LogP contribution in [-0.2, 0) is 11.3 Å². The van der Waals surface area contributed by atoms with E-state index in [9.17, 15) is 20.1 Å². The predicted molar refractivity (Wildman–Crippen MR) is 138 cm³/mol. The number of aliphatic hydroxyl groups excluding tert-OH is 3. The lowest BCUT2D eigenvalue weighted by Gasteiger charge is -2.63. The van der Waals surface area contributed by atoms with Gasteiger partial charge in [-0.1, -0.05) is 26.8 Å². The second-order valence-electron chi connectivity index (χ2n) is 13.1. The molecule has 0 unspecified atom stereocenters. The van der Waals surface area contributed by atoms with E-state index in [-0.39, 0.29) is 41.0 Å². The molecule has 0 radical (unpaired) electrons. The summed E-state index contributed by atoms with van der Waals surface area (Å²) < 4.78 is 0. The number of carbonyl (C=O) groups is 1. The summed E-state index contributed by atoms with van der Waals surface area (Å²) in [5, 5.41) is 36.4. The van der Waals surface area contributed by atoms with Crippen LogP contribution in [0.2, 0.25) is 0 Å². The highest BCUT2D eigenvalue weighted by molar-refractivity contribution is 5.75. The largest absolute Gasteiger partial charge is 0.393 e. The molecule has 0 bridgehead atoms. The number of fused-ring (bicyclic) bond motifs is 5. The third-order valence-electron chi connectivity index (χ3n) is 11.5. The first-order chi connectivity index (χ1) is 17.1. The summed E-state index contributed by atoms with van der Waals surface area (Å²) in [6, 6.07) is 5.71. The Kier molecular flexibility index (Phi) is 7.25. The van der Waals surface area contributed by atoms with E-state index in [1.165, 1.54) is 0 Å². The molecule has 4 saturated carbocycles. The maximum Gasteiger partial charge on any atom is 0.220 e. The molecular weight excluding hydrogens is 452 g/mol. The number of hydrogen-bond acceptors (Lipinski definition) is 5. The molecule has 200 valence electrons. The van der Waals surface area contributed by atoms with Gasteiger partial charge in [0, 0.05) is 12.6 Å². The molecule has 1 aromatic rings. The molecule has 0 saturated heterocycles. The van der Waals surface area contributed by atoms with Crippen molar-refractivity contribution in [1.29, 1.82) is 0 Å². The lowest BCUT2D eigenvalue weighted by molar-refractivity contribution is -0.207. The van der Waals surface area contributed by atoms with Crippen LogP contribution in [0.1, 0.15) is 84.3 Å². The molecule has 0 aromatic carbocycles. The van der Waals surface area contributed by atoms with E-state index in [2.05, 4.69) is 31.1 Å². The van der Waals surface area contributed by atoms with Gasteiger partial charge in [0.25, 0.3) is 0 Å². The molecule has 1 amide bonds. The van der Waals surface area contributed by atoms with E-state index < -0.39 is 0 Å².